The van der Waals surface area contributed by atoms with Gasteiger partial charge in [0.25, 0.3) is 0 Å². The van der Waals surface area contributed by atoms with Crippen molar-refractivity contribution in [1.29, 1.82) is 5.26 Å². The molecule has 1 saturated heterocycles. The Kier molecular flexibility index (Phi) is 3.87. The smallest absolute Gasteiger partial charge is 0.404 e. The molecule has 2 aromatic rings. The number of nitrogens with one attached hydrogen (secondary N) is 2. The molecule has 2 heterocycles. The van der Waals surface area contributed by atoms with Gasteiger partial charge < -0.3 is 20.3 Å². The zero-order valence-corrected chi connectivity index (χ0v) is 13.3. The number of carbonyl (C=O) groups is 1. The first-order valence-electron chi connectivity index (χ1n) is 7.77. The van der Waals surface area contributed by atoms with Crippen molar-refractivity contribution in [1.82, 2.24) is 10.3 Å². The first-order chi connectivity index (χ1) is 11.0. The molecular weight excluding hydrogens is 292 g/mol. The Labute approximate surface area is 134 Å². The summed E-state index contributed by atoms with van der Waals surface area (Å²) in [5.74, 6) is 0. The summed E-state index contributed by atoms with van der Waals surface area (Å²) in [4.78, 5) is 16.4. The van der Waals surface area contributed by atoms with Gasteiger partial charge in [-0.25, -0.2) is 4.79 Å². The van der Waals surface area contributed by atoms with Crippen molar-refractivity contribution < 1.29 is 9.90 Å². The van der Waals surface area contributed by atoms with Crippen LogP contribution in [0.15, 0.2) is 12.1 Å². The fourth-order valence-electron chi connectivity index (χ4n) is 3.41. The topological polar surface area (TPSA) is 92.2 Å². The summed E-state index contributed by atoms with van der Waals surface area (Å²) in [6.45, 7) is 5.60. The number of aryl methyl sites for hydroxylation is 2. The lowest BCUT2D eigenvalue weighted by molar-refractivity contribution is 0.188. The van der Waals surface area contributed by atoms with Crippen molar-refractivity contribution >= 4 is 22.7 Å². The van der Waals surface area contributed by atoms with Crippen molar-refractivity contribution in [3.05, 3.63) is 29.0 Å². The molecule has 0 aliphatic carbocycles. The normalized spacial score (nSPS) is 18.0. The first kappa shape index (κ1) is 15.2. The molecule has 0 bridgehead atoms. The quantitative estimate of drug-likeness (QED) is 0.795. The third-order valence-electron chi connectivity index (χ3n) is 4.64. The maximum Gasteiger partial charge on any atom is 0.404 e. The van der Waals surface area contributed by atoms with Crippen LogP contribution in [-0.2, 0) is 0 Å². The third-order valence-corrected chi connectivity index (χ3v) is 4.64. The number of piperidine rings is 1. The molecule has 1 amide bonds. The molecule has 1 aliphatic heterocycles. The van der Waals surface area contributed by atoms with Crippen molar-refractivity contribution in [2.75, 3.05) is 18.0 Å². The minimum Gasteiger partial charge on any atom is -0.465 e. The molecule has 1 fully saturated rings. The number of amides is 1. The van der Waals surface area contributed by atoms with Crippen LogP contribution >= 0.6 is 0 Å². The summed E-state index contributed by atoms with van der Waals surface area (Å²) in [7, 11) is 0. The Morgan fingerprint density at radius 2 is 2.26 bits per heavy atom. The maximum atomic E-state index is 10.9. The number of fused-ring (bicyclic) bond motifs is 1. The second-order valence-corrected chi connectivity index (χ2v) is 6.10. The van der Waals surface area contributed by atoms with Crippen LogP contribution in [0.1, 0.15) is 29.7 Å². The number of carboxylic acid groups (broad SMARTS) is 1. The highest BCUT2D eigenvalue weighted by molar-refractivity contribution is 5.99. The average molecular weight is 312 g/mol. The molecular formula is C17H20N4O2. The summed E-state index contributed by atoms with van der Waals surface area (Å²) in [5.41, 5.74) is 4.77. The number of hydrogen-bond donors (Lipinski definition) is 3. The Balaban J connectivity index is 2.03. The van der Waals surface area contributed by atoms with E-state index in [0.717, 1.165) is 47.2 Å². The van der Waals surface area contributed by atoms with Crippen LogP contribution in [0.2, 0.25) is 0 Å². The Hall–Kier alpha value is -2.68. The summed E-state index contributed by atoms with van der Waals surface area (Å²) in [5, 5.41) is 21.9. The summed E-state index contributed by atoms with van der Waals surface area (Å²) < 4.78 is 0. The highest BCUT2D eigenvalue weighted by Gasteiger charge is 2.24. The summed E-state index contributed by atoms with van der Waals surface area (Å²) in [6.07, 6.45) is 0.818. The van der Waals surface area contributed by atoms with Gasteiger partial charge in [0.05, 0.1) is 11.1 Å². The van der Waals surface area contributed by atoms with E-state index in [4.69, 9.17) is 5.11 Å². The van der Waals surface area contributed by atoms with Crippen LogP contribution in [0.25, 0.3) is 10.9 Å². The minimum absolute atomic E-state index is 0.0627. The first-order valence-corrected chi connectivity index (χ1v) is 7.77. The van der Waals surface area contributed by atoms with Crippen LogP contribution in [0.5, 0.6) is 0 Å². The van der Waals surface area contributed by atoms with Gasteiger partial charge in [-0.2, -0.15) is 5.26 Å². The molecule has 1 unspecified atom stereocenters. The Morgan fingerprint density at radius 3 is 2.96 bits per heavy atom. The number of hydrogen-bond acceptors (Lipinski definition) is 3. The second kappa shape index (κ2) is 5.84. The molecule has 1 atom stereocenters. The number of benzene rings is 1. The van der Waals surface area contributed by atoms with E-state index < -0.39 is 6.09 Å². The monoisotopic (exact) mass is 312 g/mol. The number of anilines is 1. The molecule has 1 aromatic heterocycles. The lowest BCUT2D eigenvalue weighted by Crippen LogP contribution is -2.47. The van der Waals surface area contributed by atoms with Gasteiger partial charge in [-0.15, -0.1) is 0 Å². The molecule has 1 aliphatic rings. The van der Waals surface area contributed by atoms with E-state index in [1.54, 1.807) is 0 Å². The Bertz CT molecular complexity index is 803. The second-order valence-electron chi connectivity index (χ2n) is 6.10. The molecule has 120 valence electrons. The van der Waals surface area contributed by atoms with Crippen molar-refractivity contribution in [3.63, 3.8) is 0 Å². The van der Waals surface area contributed by atoms with Gasteiger partial charge in [0.15, 0.2) is 0 Å². The van der Waals surface area contributed by atoms with E-state index in [1.165, 1.54) is 0 Å². The molecule has 0 radical (unpaired) electrons. The van der Waals surface area contributed by atoms with Gasteiger partial charge in [0, 0.05) is 35.9 Å². The van der Waals surface area contributed by atoms with E-state index in [2.05, 4.69) is 28.2 Å². The summed E-state index contributed by atoms with van der Waals surface area (Å²) >= 11 is 0. The third kappa shape index (κ3) is 2.70. The predicted molar refractivity (Wildman–Crippen MR) is 88.9 cm³/mol. The van der Waals surface area contributed by atoms with Crippen LogP contribution in [-0.4, -0.2) is 35.3 Å². The van der Waals surface area contributed by atoms with E-state index in [-0.39, 0.29) is 6.04 Å². The Morgan fingerprint density at radius 1 is 1.48 bits per heavy atom. The van der Waals surface area contributed by atoms with Crippen molar-refractivity contribution in [2.24, 2.45) is 0 Å². The van der Waals surface area contributed by atoms with E-state index in [0.29, 0.717) is 12.1 Å². The largest absolute Gasteiger partial charge is 0.465 e. The highest BCUT2D eigenvalue weighted by atomic mass is 16.4. The fraction of sp³-hybridized carbons (Fsp3) is 0.412. The highest BCUT2D eigenvalue weighted by Crippen LogP contribution is 2.34. The summed E-state index contributed by atoms with van der Waals surface area (Å²) in [6, 6.07) is 5.98. The van der Waals surface area contributed by atoms with Gasteiger partial charge >= 0.3 is 6.09 Å². The molecule has 0 saturated carbocycles. The standard InChI is InChI=1S/C17H20N4O2/c1-10-11(2)19-16-12(8-18)5-6-14(15(10)16)21-7-3-4-13(9-21)20-17(22)23/h5-6,13,19-20H,3-4,7,9H2,1-2H3,(H,22,23). The number of aromatic nitrogens is 1. The minimum atomic E-state index is -0.976. The zero-order chi connectivity index (χ0) is 16.6. The van der Waals surface area contributed by atoms with E-state index in [9.17, 15) is 10.1 Å². The molecule has 3 N–H and O–H groups in total. The maximum absolute atomic E-state index is 10.9. The average Bonchev–Trinajstić information content (AvgIpc) is 2.82. The van der Waals surface area contributed by atoms with Gasteiger partial charge in [-0.3, -0.25) is 0 Å². The SMILES string of the molecule is Cc1[nH]c2c(C#N)ccc(N3CCCC(NC(=O)O)C3)c2c1C. The van der Waals surface area contributed by atoms with Gasteiger partial charge in [-0.1, -0.05) is 0 Å². The van der Waals surface area contributed by atoms with E-state index in [1.807, 2.05) is 19.1 Å². The van der Waals surface area contributed by atoms with Crippen molar-refractivity contribution in [2.45, 2.75) is 32.7 Å². The number of nitrogens with zero attached hydrogens (tertiary/aromatic N) is 2. The fourth-order valence-corrected chi connectivity index (χ4v) is 3.41. The van der Waals surface area contributed by atoms with Gasteiger partial charge in [0.1, 0.15) is 6.07 Å². The van der Waals surface area contributed by atoms with Gasteiger partial charge in [-0.05, 0) is 44.4 Å². The van der Waals surface area contributed by atoms with Gasteiger partial charge in [0.2, 0.25) is 0 Å². The lowest BCUT2D eigenvalue weighted by atomic mass is 10.0. The molecule has 0 spiro atoms. The van der Waals surface area contributed by atoms with E-state index >= 15 is 0 Å². The number of nitriles is 1. The van der Waals surface area contributed by atoms with Crippen molar-refractivity contribution in [3.8, 4) is 6.07 Å². The lowest BCUT2D eigenvalue weighted by Gasteiger charge is -2.34. The molecule has 23 heavy (non-hydrogen) atoms. The molecule has 3 rings (SSSR count). The van der Waals surface area contributed by atoms with Crippen LogP contribution in [0.4, 0.5) is 10.5 Å². The predicted octanol–water partition coefficient (Wildman–Crippen LogP) is 2.89. The van der Waals surface area contributed by atoms with Crippen LogP contribution < -0.4 is 10.2 Å². The zero-order valence-electron chi connectivity index (χ0n) is 13.3. The number of aromatic amines is 1. The number of H-pyrrole nitrogens is 1. The molecule has 6 nitrogen and oxygen atoms in total. The van der Waals surface area contributed by atoms with Crippen LogP contribution in [0, 0.1) is 25.2 Å². The number of rotatable bonds is 2. The van der Waals surface area contributed by atoms with Crippen LogP contribution in [0.3, 0.4) is 0 Å². The molecule has 1 aromatic carbocycles. The molecule has 6 heteroatoms.